The van der Waals surface area contributed by atoms with Crippen LogP contribution in [0.4, 0.5) is 10.1 Å². The van der Waals surface area contributed by atoms with Gasteiger partial charge in [0.2, 0.25) is 0 Å². The van der Waals surface area contributed by atoms with Gasteiger partial charge in [-0.1, -0.05) is 38.4 Å². The Kier molecular flexibility index (Phi) is 5.28. The van der Waals surface area contributed by atoms with Gasteiger partial charge in [-0.15, -0.1) is 0 Å². The zero-order valence-electron chi connectivity index (χ0n) is 12.5. The molecular weight excluding hydrogens is 275 g/mol. The highest BCUT2D eigenvalue weighted by molar-refractivity contribution is 6.31. The molecule has 0 aromatic heterocycles. The maximum Gasteiger partial charge on any atom is 0.165 e. The van der Waals surface area contributed by atoms with Crippen molar-refractivity contribution in [3.63, 3.8) is 0 Å². The van der Waals surface area contributed by atoms with Crippen molar-refractivity contribution >= 4 is 17.3 Å². The summed E-state index contributed by atoms with van der Waals surface area (Å²) in [4.78, 5) is 2.19. The third kappa shape index (κ3) is 3.44. The average molecular weight is 299 g/mol. The molecule has 4 heteroatoms. The standard InChI is InChI=1S/C16H24ClFN2/c1-4-13-9-19-12(8-11(2)3)10-20(13)15-7-5-6-14(17)16(15)18/h5-7,11-13,19H,4,8-10H2,1-3H3. The molecule has 0 aliphatic carbocycles. The first-order valence-corrected chi connectivity index (χ1v) is 7.84. The lowest BCUT2D eigenvalue weighted by molar-refractivity contribution is 0.341. The lowest BCUT2D eigenvalue weighted by Crippen LogP contribution is -2.57. The fourth-order valence-corrected chi connectivity index (χ4v) is 3.13. The van der Waals surface area contributed by atoms with Crippen LogP contribution in [0.2, 0.25) is 5.02 Å². The fourth-order valence-electron chi connectivity index (χ4n) is 2.96. The van der Waals surface area contributed by atoms with Gasteiger partial charge >= 0.3 is 0 Å². The molecule has 2 unspecified atom stereocenters. The van der Waals surface area contributed by atoms with Crippen LogP contribution in [0.1, 0.15) is 33.6 Å². The smallest absolute Gasteiger partial charge is 0.165 e. The number of benzene rings is 1. The Balaban J connectivity index is 2.22. The van der Waals surface area contributed by atoms with Crippen LogP contribution in [0.25, 0.3) is 0 Å². The topological polar surface area (TPSA) is 15.3 Å². The minimum absolute atomic E-state index is 0.205. The molecule has 1 aromatic rings. The summed E-state index contributed by atoms with van der Waals surface area (Å²) in [5, 5.41) is 3.79. The van der Waals surface area contributed by atoms with Crippen molar-refractivity contribution in [3.05, 3.63) is 29.0 Å². The Bertz CT molecular complexity index is 450. The van der Waals surface area contributed by atoms with Crippen LogP contribution in [0.5, 0.6) is 0 Å². The molecule has 0 bridgehead atoms. The highest BCUT2D eigenvalue weighted by Crippen LogP contribution is 2.29. The minimum atomic E-state index is -0.294. The van der Waals surface area contributed by atoms with E-state index in [1.54, 1.807) is 6.07 Å². The molecule has 0 radical (unpaired) electrons. The van der Waals surface area contributed by atoms with E-state index in [9.17, 15) is 4.39 Å². The Morgan fingerprint density at radius 2 is 2.20 bits per heavy atom. The summed E-state index contributed by atoms with van der Waals surface area (Å²) in [5.41, 5.74) is 0.639. The lowest BCUT2D eigenvalue weighted by Gasteiger charge is -2.42. The molecule has 1 aromatic carbocycles. The van der Waals surface area contributed by atoms with Crippen LogP contribution in [0.3, 0.4) is 0 Å². The van der Waals surface area contributed by atoms with Crippen LogP contribution >= 0.6 is 11.6 Å². The summed E-state index contributed by atoms with van der Waals surface area (Å²) in [6, 6.07) is 6.01. The average Bonchev–Trinajstić information content (AvgIpc) is 2.41. The molecule has 1 heterocycles. The predicted octanol–water partition coefficient (Wildman–Crippen LogP) is 4.08. The van der Waals surface area contributed by atoms with Crippen molar-refractivity contribution in [2.24, 2.45) is 5.92 Å². The monoisotopic (exact) mass is 298 g/mol. The third-order valence-electron chi connectivity index (χ3n) is 3.97. The number of nitrogens with zero attached hydrogens (tertiary/aromatic N) is 1. The number of nitrogens with one attached hydrogen (secondary N) is 1. The van der Waals surface area contributed by atoms with Gasteiger partial charge in [0.25, 0.3) is 0 Å². The number of anilines is 1. The van der Waals surface area contributed by atoms with Crippen molar-refractivity contribution in [2.75, 3.05) is 18.0 Å². The van der Waals surface area contributed by atoms with E-state index in [0.29, 0.717) is 23.7 Å². The van der Waals surface area contributed by atoms with Gasteiger partial charge in [-0.3, -0.25) is 0 Å². The van der Waals surface area contributed by atoms with E-state index in [4.69, 9.17) is 11.6 Å². The molecule has 0 amide bonds. The first-order chi connectivity index (χ1) is 9.52. The maximum absolute atomic E-state index is 14.3. The second kappa shape index (κ2) is 6.77. The highest BCUT2D eigenvalue weighted by Gasteiger charge is 2.29. The van der Waals surface area contributed by atoms with Gasteiger partial charge in [-0.05, 0) is 30.9 Å². The zero-order chi connectivity index (χ0) is 14.7. The summed E-state index contributed by atoms with van der Waals surface area (Å²) >= 11 is 5.93. The van der Waals surface area contributed by atoms with Gasteiger partial charge in [0.05, 0.1) is 10.7 Å². The van der Waals surface area contributed by atoms with Gasteiger partial charge in [0.15, 0.2) is 5.82 Å². The molecule has 2 atom stereocenters. The van der Waals surface area contributed by atoms with Crippen LogP contribution in [0.15, 0.2) is 18.2 Å². The normalized spacial score (nSPS) is 23.4. The van der Waals surface area contributed by atoms with E-state index in [1.807, 2.05) is 12.1 Å². The summed E-state index contributed by atoms with van der Waals surface area (Å²) in [6.45, 7) is 8.33. The van der Waals surface area contributed by atoms with E-state index in [1.165, 1.54) is 0 Å². The minimum Gasteiger partial charge on any atom is -0.363 e. The first-order valence-electron chi connectivity index (χ1n) is 7.47. The number of hydrogen-bond acceptors (Lipinski definition) is 2. The molecule has 1 N–H and O–H groups in total. The number of piperazine rings is 1. The molecule has 1 saturated heterocycles. The molecule has 20 heavy (non-hydrogen) atoms. The molecule has 2 rings (SSSR count). The number of halogens is 2. The zero-order valence-corrected chi connectivity index (χ0v) is 13.3. The number of hydrogen-bond donors (Lipinski definition) is 1. The predicted molar refractivity (Wildman–Crippen MR) is 84.1 cm³/mol. The van der Waals surface area contributed by atoms with Crippen molar-refractivity contribution in [1.29, 1.82) is 0 Å². The van der Waals surface area contributed by atoms with Crippen molar-refractivity contribution in [2.45, 2.75) is 45.7 Å². The van der Waals surface area contributed by atoms with Gasteiger partial charge < -0.3 is 10.2 Å². The lowest BCUT2D eigenvalue weighted by atomic mass is 9.98. The van der Waals surface area contributed by atoms with E-state index in [0.717, 1.165) is 25.9 Å². The Morgan fingerprint density at radius 3 is 2.85 bits per heavy atom. The van der Waals surface area contributed by atoms with Gasteiger partial charge in [-0.2, -0.15) is 0 Å². The molecule has 2 nitrogen and oxygen atoms in total. The quantitative estimate of drug-likeness (QED) is 0.901. The van der Waals surface area contributed by atoms with Crippen LogP contribution in [0, 0.1) is 11.7 Å². The molecule has 1 aliphatic heterocycles. The Morgan fingerprint density at radius 1 is 1.45 bits per heavy atom. The van der Waals surface area contributed by atoms with E-state index >= 15 is 0 Å². The maximum atomic E-state index is 14.3. The van der Waals surface area contributed by atoms with Gasteiger partial charge in [0, 0.05) is 25.2 Å². The molecule has 1 fully saturated rings. The van der Waals surface area contributed by atoms with E-state index in [-0.39, 0.29) is 10.8 Å². The molecule has 0 spiro atoms. The van der Waals surface area contributed by atoms with Crippen molar-refractivity contribution in [1.82, 2.24) is 5.32 Å². The fraction of sp³-hybridized carbons (Fsp3) is 0.625. The second-order valence-electron chi connectivity index (χ2n) is 6.02. The summed E-state index contributed by atoms with van der Waals surface area (Å²) in [7, 11) is 0. The van der Waals surface area contributed by atoms with Crippen LogP contribution in [-0.4, -0.2) is 25.2 Å². The summed E-state index contributed by atoms with van der Waals surface area (Å²) in [5.74, 6) is 0.342. The van der Waals surface area contributed by atoms with Crippen LogP contribution in [-0.2, 0) is 0 Å². The molecule has 112 valence electrons. The van der Waals surface area contributed by atoms with Crippen molar-refractivity contribution in [3.8, 4) is 0 Å². The number of rotatable bonds is 4. The summed E-state index contributed by atoms with van der Waals surface area (Å²) < 4.78 is 14.3. The largest absolute Gasteiger partial charge is 0.363 e. The molecular formula is C16H24ClFN2. The second-order valence-corrected chi connectivity index (χ2v) is 6.43. The molecule has 1 aliphatic rings. The van der Waals surface area contributed by atoms with E-state index < -0.39 is 0 Å². The SMILES string of the molecule is CCC1CNC(CC(C)C)CN1c1cccc(Cl)c1F. The van der Waals surface area contributed by atoms with Crippen LogP contribution < -0.4 is 10.2 Å². The Hall–Kier alpha value is -0.800. The molecule has 0 saturated carbocycles. The summed E-state index contributed by atoms with van der Waals surface area (Å²) in [6.07, 6.45) is 2.10. The Labute approximate surface area is 126 Å². The van der Waals surface area contributed by atoms with Gasteiger partial charge in [0.1, 0.15) is 0 Å². The third-order valence-corrected chi connectivity index (χ3v) is 4.26. The van der Waals surface area contributed by atoms with Crippen molar-refractivity contribution < 1.29 is 4.39 Å². The highest BCUT2D eigenvalue weighted by atomic mass is 35.5. The van der Waals surface area contributed by atoms with E-state index in [2.05, 4.69) is 31.0 Å². The first kappa shape index (κ1) is 15.6. The van der Waals surface area contributed by atoms with Gasteiger partial charge in [-0.25, -0.2) is 4.39 Å².